The quantitative estimate of drug-likeness (QED) is 0.378. The second-order valence-electron chi connectivity index (χ2n) is 4.98. The first-order chi connectivity index (χ1) is 10.1. The van der Waals surface area contributed by atoms with Crippen molar-refractivity contribution >= 4 is 21.8 Å². The molecule has 4 nitrogen and oxygen atoms in total. The van der Waals surface area contributed by atoms with Gasteiger partial charge in [-0.05, 0) is 30.3 Å². The monoisotopic (exact) mass is 347 g/mol. The van der Waals surface area contributed by atoms with Gasteiger partial charge >= 0.3 is 0 Å². The normalized spacial score (nSPS) is 11.9. The first kappa shape index (κ1) is 15.5. The molecule has 0 aliphatic carbocycles. The van der Waals surface area contributed by atoms with E-state index in [4.69, 9.17) is 10.9 Å². The van der Waals surface area contributed by atoms with Crippen molar-refractivity contribution in [3.8, 4) is 0 Å². The number of amidine groups is 1. The van der Waals surface area contributed by atoms with E-state index in [1.54, 1.807) is 0 Å². The predicted octanol–water partition coefficient (Wildman–Crippen LogP) is 3.18. The van der Waals surface area contributed by atoms with Crippen LogP contribution in [0.4, 0.5) is 0 Å². The van der Waals surface area contributed by atoms with Crippen LogP contribution >= 0.6 is 15.9 Å². The summed E-state index contributed by atoms with van der Waals surface area (Å²) in [6.45, 7) is 1.72. The molecule has 2 rings (SSSR count). The molecule has 0 atom stereocenters. The van der Waals surface area contributed by atoms with E-state index in [1.165, 1.54) is 11.1 Å². The number of benzene rings is 2. The van der Waals surface area contributed by atoms with Crippen molar-refractivity contribution in [2.75, 3.05) is 7.05 Å². The van der Waals surface area contributed by atoms with Gasteiger partial charge in [0, 0.05) is 23.1 Å². The zero-order chi connectivity index (χ0) is 15.2. The van der Waals surface area contributed by atoms with E-state index in [0.717, 1.165) is 23.1 Å². The fourth-order valence-corrected chi connectivity index (χ4v) is 2.37. The maximum absolute atomic E-state index is 8.64. The largest absolute Gasteiger partial charge is 0.409 e. The highest BCUT2D eigenvalue weighted by molar-refractivity contribution is 9.10. The summed E-state index contributed by atoms with van der Waals surface area (Å²) in [5, 5.41) is 11.6. The number of halogens is 1. The van der Waals surface area contributed by atoms with Crippen molar-refractivity contribution in [3.05, 3.63) is 69.7 Å². The van der Waals surface area contributed by atoms with Crippen molar-refractivity contribution in [2.24, 2.45) is 10.9 Å². The molecule has 0 saturated heterocycles. The molecule has 110 valence electrons. The fourth-order valence-electron chi connectivity index (χ4n) is 2.11. The molecule has 0 amide bonds. The van der Waals surface area contributed by atoms with E-state index in [9.17, 15) is 0 Å². The Labute approximate surface area is 133 Å². The van der Waals surface area contributed by atoms with E-state index >= 15 is 0 Å². The Hall–Kier alpha value is -1.85. The Balaban J connectivity index is 1.96. The molecule has 0 saturated carbocycles. The topological polar surface area (TPSA) is 61.8 Å². The van der Waals surface area contributed by atoms with Crippen molar-refractivity contribution in [1.82, 2.24) is 4.90 Å². The number of nitrogens with zero attached hydrogens (tertiary/aromatic N) is 2. The zero-order valence-electron chi connectivity index (χ0n) is 11.8. The number of oxime groups is 1. The van der Waals surface area contributed by atoms with Gasteiger partial charge in [0.15, 0.2) is 5.84 Å². The van der Waals surface area contributed by atoms with Gasteiger partial charge in [-0.25, -0.2) is 0 Å². The molecule has 2 aromatic carbocycles. The zero-order valence-corrected chi connectivity index (χ0v) is 13.4. The molecule has 5 heteroatoms. The SMILES string of the molecule is CN(Cc1ccc(Br)cc1)Cc1ccc(C(N)=NO)cc1. The summed E-state index contributed by atoms with van der Waals surface area (Å²) in [4.78, 5) is 2.24. The maximum Gasteiger partial charge on any atom is 0.170 e. The number of hydrogen-bond acceptors (Lipinski definition) is 3. The summed E-state index contributed by atoms with van der Waals surface area (Å²) in [6, 6.07) is 16.0. The lowest BCUT2D eigenvalue weighted by molar-refractivity contribution is 0.318. The lowest BCUT2D eigenvalue weighted by Gasteiger charge is -2.17. The first-order valence-corrected chi connectivity index (χ1v) is 7.37. The van der Waals surface area contributed by atoms with Crippen molar-refractivity contribution < 1.29 is 5.21 Å². The molecule has 0 aliphatic heterocycles. The molecule has 0 unspecified atom stereocenters. The lowest BCUT2D eigenvalue weighted by Crippen LogP contribution is -2.17. The van der Waals surface area contributed by atoms with Crippen LogP contribution in [0.1, 0.15) is 16.7 Å². The molecule has 0 aliphatic rings. The third kappa shape index (κ3) is 4.58. The van der Waals surface area contributed by atoms with Crippen LogP contribution in [0.2, 0.25) is 0 Å². The van der Waals surface area contributed by atoms with Crippen LogP contribution in [0.3, 0.4) is 0 Å². The summed E-state index contributed by atoms with van der Waals surface area (Å²) in [7, 11) is 2.08. The molecular formula is C16H18BrN3O. The van der Waals surface area contributed by atoms with Gasteiger partial charge in [-0.3, -0.25) is 4.90 Å². The van der Waals surface area contributed by atoms with Gasteiger partial charge in [0.25, 0.3) is 0 Å². The van der Waals surface area contributed by atoms with Gasteiger partial charge in [-0.15, -0.1) is 0 Å². The van der Waals surface area contributed by atoms with Crippen LogP contribution in [-0.4, -0.2) is 23.0 Å². The Morgan fingerprint density at radius 1 is 1.05 bits per heavy atom. The van der Waals surface area contributed by atoms with Crippen LogP contribution < -0.4 is 5.73 Å². The highest BCUT2D eigenvalue weighted by atomic mass is 79.9. The lowest BCUT2D eigenvalue weighted by atomic mass is 10.1. The standard InChI is InChI=1S/C16H18BrN3O/c1-20(11-13-4-8-15(17)9-5-13)10-12-2-6-14(7-3-12)16(18)19-21/h2-9,21H,10-11H2,1H3,(H2,18,19). The average Bonchev–Trinajstić information content (AvgIpc) is 2.49. The minimum atomic E-state index is 0.129. The van der Waals surface area contributed by atoms with Gasteiger partial charge in [0.1, 0.15) is 0 Å². The second kappa shape index (κ2) is 7.24. The van der Waals surface area contributed by atoms with E-state index in [0.29, 0.717) is 0 Å². The summed E-state index contributed by atoms with van der Waals surface area (Å²) in [6.07, 6.45) is 0. The van der Waals surface area contributed by atoms with Crippen LogP contribution in [0.5, 0.6) is 0 Å². The third-order valence-corrected chi connectivity index (χ3v) is 3.70. The highest BCUT2D eigenvalue weighted by Gasteiger charge is 2.04. The average molecular weight is 348 g/mol. The van der Waals surface area contributed by atoms with E-state index in [2.05, 4.69) is 57.3 Å². The Kier molecular flexibility index (Phi) is 5.36. The van der Waals surface area contributed by atoms with E-state index < -0.39 is 0 Å². The van der Waals surface area contributed by atoms with Gasteiger partial charge in [0.2, 0.25) is 0 Å². The molecule has 3 N–H and O–H groups in total. The van der Waals surface area contributed by atoms with Gasteiger partial charge < -0.3 is 10.9 Å². The van der Waals surface area contributed by atoms with Crippen LogP contribution in [0.15, 0.2) is 58.2 Å². The molecule has 0 radical (unpaired) electrons. The summed E-state index contributed by atoms with van der Waals surface area (Å²) in [5.41, 5.74) is 8.72. The third-order valence-electron chi connectivity index (χ3n) is 3.18. The molecule has 0 heterocycles. The van der Waals surface area contributed by atoms with Gasteiger partial charge in [0.05, 0.1) is 0 Å². The van der Waals surface area contributed by atoms with Crippen molar-refractivity contribution in [1.29, 1.82) is 0 Å². The van der Waals surface area contributed by atoms with Crippen LogP contribution in [-0.2, 0) is 13.1 Å². The van der Waals surface area contributed by atoms with Gasteiger partial charge in [-0.2, -0.15) is 0 Å². The Morgan fingerprint density at radius 3 is 2.00 bits per heavy atom. The minimum absolute atomic E-state index is 0.129. The molecule has 0 fully saturated rings. The molecular weight excluding hydrogens is 330 g/mol. The smallest absolute Gasteiger partial charge is 0.170 e. The number of hydrogen-bond donors (Lipinski definition) is 2. The molecule has 0 bridgehead atoms. The molecule has 2 aromatic rings. The number of rotatable bonds is 5. The van der Waals surface area contributed by atoms with Crippen molar-refractivity contribution in [2.45, 2.75) is 13.1 Å². The van der Waals surface area contributed by atoms with Gasteiger partial charge in [-0.1, -0.05) is 57.5 Å². The predicted molar refractivity (Wildman–Crippen MR) is 88.3 cm³/mol. The van der Waals surface area contributed by atoms with E-state index in [-0.39, 0.29) is 5.84 Å². The first-order valence-electron chi connectivity index (χ1n) is 6.58. The Morgan fingerprint density at radius 2 is 1.52 bits per heavy atom. The summed E-state index contributed by atoms with van der Waals surface area (Å²) in [5.74, 6) is 0.129. The van der Waals surface area contributed by atoms with E-state index in [1.807, 2.05) is 24.3 Å². The fraction of sp³-hybridized carbons (Fsp3) is 0.188. The maximum atomic E-state index is 8.64. The minimum Gasteiger partial charge on any atom is -0.409 e. The molecule has 0 spiro atoms. The van der Waals surface area contributed by atoms with Crippen LogP contribution in [0, 0.1) is 0 Å². The molecule has 0 aromatic heterocycles. The summed E-state index contributed by atoms with van der Waals surface area (Å²) < 4.78 is 1.09. The van der Waals surface area contributed by atoms with Crippen molar-refractivity contribution in [3.63, 3.8) is 0 Å². The van der Waals surface area contributed by atoms with Crippen LogP contribution in [0.25, 0.3) is 0 Å². The second-order valence-corrected chi connectivity index (χ2v) is 5.90. The Bertz CT molecular complexity index is 608. The summed E-state index contributed by atoms with van der Waals surface area (Å²) >= 11 is 3.44. The number of nitrogens with two attached hydrogens (primary N) is 1. The highest BCUT2D eigenvalue weighted by Crippen LogP contribution is 2.13. The molecule has 21 heavy (non-hydrogen) atoms.